The van der Waals surface area contributed by atoms with Gasteiger partial charge in [0.25, 0.3) is 0 Å². The number of pyridine rings is 1. The van der Waals surface area contributed by atoms with E-state index in [9.17, 15) is 10.2 Å². The molecule has 6 nitrogen and oxygen atoms in total. The Hall–Kier alpha value is -0.220. The second kappa shape index (κ2) is 6.49. The molecular formula is C11H15BrN2O4S. The Bertz CT molecular complexity index is 437. The van der Waals surface area contributed by atoms with Crippen molar-refractivity contribution in [2.75, 3.05) is 6.61 Å². The van der Waals surface area contributed by atoms with Crippen molar-refractivity contribution in [3.05, 3.63) is 22.9 Å². The van der Waals surface area contributed by atoms with Gasteiger partial charge in [0.1, 0.15) is 23.7 Å². The van der Waals surface area contributed by atoms with Crippen molar-refractivity contribution in [3.63, 3.8) is 0 Å². The van der Waals surface area contributed by atoms with Crippen LogP contribution >= 0.6 is 27.7 Å². The number of halogens is 1. The fraction of sp³-hybridized carbons (Fsp3) is 0.545. The molecule has 1 fully saturated rings. The van der Waals surface area contributed by atoms with Crippen LogP contribution in [0.2, 0.25) is 0 Å². The lowest BCUT2D eigenvalue weighted by atomic mass is 9.98. The molecule has 1 aromatic rings. The monoisotopic (exact) mass is 350 g/mol. The van der Waals surface area contributed by atoms with Crippen LogP contribution in [-0.2, 0) is 4.74 Å². The molecule has 5 atom stereocenters. The molecule has 0 amide bonds. The maximum atomic E-state index is 10.0. The Morgan fingerprint density at radius 2 is 2.11 bits per heavy atom. The number of hydrogen-bond donors (Lipinski definition) is 4. The van der Waals surface area contributed by atoms with Gasteiger partial charge in [0.2, 0.25) is 0 Å². The Labute approximate surface area is 123 Å². The van der Waals surface area contributed by atoms with Gasteiger partial charge in [-0.3, -0.25) is 4.98 Å². The number of ether oxygens (including phenoxy) is 1. The number of aliphatic hydroxyl groups is 3. The number of aromatic nitrogens is 1. The van der Waals surface area contributed by atoms with E-state index >= 15 is 0 Å². The van der Waals surface area contributed by atoms with Gasteiger partial charge >= 0.3 is 0 Å². The van der Waals surface area contributed by atoms with Gasteiger partial charge in [0.05, 0.1) is 12.6 Å². The number of aliphatic hydroxyl groups excluding tert-OH is 3. The first-order valence-electron chi connectivity index (χ1n) is 5.68. The molecular weight excluding hydrogens is 336 g/mol. The summed E-state index contributed by atoms with van der Waals surface area (Å²) in [7, 11) is 0. The number of nitrogens with zero attached hydrogens (tertiary/aromatic N) is 1. The van der Waals surface area contributed by atoms with Gasteiger partial charge in [-0.15, -0.1) is 0 Å². The van der Waals surface area contributed by atoms with E-state index in [2.05, 4.69) is 20.9 Å². The molecule has 0 radical (unpaired) electrons. The lowest BCUT2D eigenvalue weighted by Crippen LogP contribution is -2.61. The van der Waals surface area contributed by atoms with Gasteiger partial charge in [-0.2, -0.15) is 0 Å². The Morgan fingerprint density at radius 3 is 2.74 bits per heavy atom. The van der Waals surface area contributed by atoms with Gasteiger partial charge in [0, 0.05) is 21.8 Å². The second-order valence-corrected chi connectivity index (χ2v) is 6.33. The second-order valence-electron chi connectivity index (χ2n) is 4.24. The van der Waals surface area contributed by atoms with E-state index in [1.807, 2.05) is 6.07 Å². The number of nitrogens with two attached hydrogens (primary N) is 1. The summed E-state index contributed by atoms with van der Waals surface area (Å²) in [5.74, 6) is 0. The van der Waals surface area contributed by atoms with Crippen molar-refractivity contribution in [2.24, 2.45) is 5.73 Å². The first-order chi connectivity index (χ1) is 9.02. The summed E-state index contributed by atoms with van der Waals surface area (Å²) in [5.41, 5.74) is 5.07. The van der Waals surface area contributed by atoms with Crippen LogP contribution < -0.4 is 5.73 Å². The molecule has 0 spiro atoms. The van der Waals surface area contributed by atoms with Crippen LogP contribution in [0, 0.1) is 0 Å². The SMILES string of the molecule is NC1C(O)C(CO)OC(Sc2cncc(Br)c2)C1O. The lowest BCUT2D eigenvalue weighted by Gasteiger charge is -2.40. The highest BCUT2D eigenvalue weighted by atomic mass is 79.9. The molecule has 2 heterocycles. The van der Waals surface area contributed by atoms with Gasteiger partial charge in [0.15, 0.2) is 0 Å². The van der Waals surface area contributed by atoms with Crippen LogP contribution in [-0.4, -0.2) is 56.7 Å². The third-order valence-electron chi connectivity index (χ3n) is 2.87. The zero-order valence-corrected chi connectivity index (χ0v) is 12.3. The predicted molar refractivity (Wildman–Crippen MR) is 73.5 cm³/mol. The van der Waals surface area contributed by atoms with Crippen molar-refractivity contribution in [1.29, 1.82) is 0 Å². The van der Waals surface area contributed by atoms with Gasteiger partial charge < -0.3 is 25.8 Å². The third kappa shape index (κ3) is 3.46. The van der Waals surface area contributed by atoms with Crippen molar-refractivity contribution >= 4 is 27.7 Å². The highest BCUT2D eigenvalue weighted by molar-refractivity contribution is 9.10. The third-order valence-corrected chi connectivity index (χ3v) is 4.42. The quantitative estimate of drug-likeness (QED) is 0.592. The molecule has 1 aliphatic heterocycles. The van der Waals surface area contributed by atoms with Crippen LogP contribution in [0.15, 0.2) is 27.8 Å². The molecule has 19 heavy (non-hydrogen) atoms. The zero-order chi connectivity index (χ0) is 14.0. The topological polar surface area (TPSA) is 109 Å². The molecule has 2 rings (SSSR count). The average molecular weight is 351 g/mol. The average Bonchev–Trinajstić information content (AvgIpc) is 2.39. The van der Waals surface area contributed by atoms with Crippen molar-refractivity contribution in [2.45, 2.75) is 34.7 Å². The van der Waals surface area contributed by atoms with E-state index in [0.29, 0.717) is 0 Å². The summed E-state index contributed by atoms with van der Waals surface area (Å²) >= 11 is 4.55. The van der Waals surface area contributed by atoms with Crippen LogP contribution in [0.1, 0.15) is 0 Å². The molecule has 5 N–H and O–H groups in total. The highest BCUT2D eigenvalue weighted by Crippen LogP contribution is 2.33. The number of rotatable bonds is 3. The summed E-state index contributed by atoms with van der Waals surface area (Å²) in [6.07, 6.45) is 0.375. The molecule has 0 aliphatic carbocycles. The summed E-state index contributed by atoms with van der Waals surface area (Å²) in [6, 6.07) is 0.974. The highest BCUT2D eigenvalue weighted by Gasteiger charge is 2.42. The molecule has 1 saturated heterocycles. The molecule has 106 valence electrons. The van der Waals surface area contributed by atoms with Gasteiger partial charge in [-0.25, -0.2) is 0 Å². The molecule has 0 bridgehead atoms. The van der Waals surface area contributed by atoms with Gasteiger partial charge in [-0.1, -0.05) is 11.8 Å². The minimum atomic E-state index is -1.09. The molecule has 1 aromatic heterocycles. The van der Waals surface area contributed by atoms with Crippen molar-refractivity contribution < 1.29 is 20.1 Å². The fourth-order valence-corrected chi connectivity index (χ4v) is 3.42. The summed E-state index contributed by atoms with van der Waals surface area (Å²) in [4.78, 5) is 4.80. The van der Waals surface area contributed by atoms with Gasteiger partial charge in [-0.05, 0) is 22.0 Å². The maximum absolute atomic E-state index is 10.0. The maximum Gasteiger partial charge on any atom is 0.135 e. The van der Waals surface area contributed by atoms with Crippen LogP contribution in [0.3, 0.4) is 0 Å². The van der Waals surface area contributed by atoms with Crippen molar-refractivity contribution in [1.82, 2.24) is 4.98 Å². The molecule has 5 unspecified atom stereocenters. The van der Waals surface area contributed by atoms with Crippen LogP contribution in [0.5, 0.6) is 0 Å². The van der Waals surface area contributed by atoms with Crippen LogP contribution in [0.25, 0.3) is 0 Å². The van der Waals surface area contributed by atoms with E-state index in [4.69, 9.17) is 15.6 Å². The molecule has 8 heteroatoms. The normalized spacial score (nSPS) is 35.3. The number of hydrogen-bond acceptors (Lipinski definition) is 7. The minimum Gasteiger partial charge on any atom is -0.394 e. The lowest BCUT2D eigenvalue weighted by molar-refractivity contribution is -0.160. The van der Waals surface area contributed by atoms with E-state index in [1.54, 1.807) is 12.4 Å². The van der Waals surface area contributed by atoms with Crippen molar-refractivity contribution in [3.8, 4) is 0 Å². The molecule has 0 saturated carbocycles. The first-order valence-corrected chi connectivity index (χ1v) is 7.35. The summed E-state index contributed by atoms with van der Waals surface area (Å²) in [6.45, 7) is -0.352. The van der Waals surface area contributed by atoms with E-state index in [1.165, 1.54) is 11.8 Å². The summed E-state index contributed by atoms with van der Waals surface area (Å²) in [5, 5.41) is 28.9. The molecule has 0 aromatic carbocycles. The predicted octanol–water partition coefficient (Wildman–Crippen LogP) is -0.298. The van der Waals surface area contributed by atoms with Crippen LogP contribution in [0.4, 0.5) is 0 Å². The Kier molecular flexibility index (Phi) is 5.18. The Balaban J connectivity index is 2.10. The minimum absolute atomic E-state index is 0.352. The zero-order valence-electron chi connectivity index (χ0n) is 9.89. The smallest absolute Gasteiger partial charge is 0.135 e. The Morgan fingerprint density at radius 1 is 1.37 bits per heavy atom. The van der Waals surface area contributed by atoms with E-state index in [0.717, 1.165) is 9.37 Å². The summed E-state index contributed by atoms with van der Waals surface area (Å²) < 4.78 is 6.28. The number of thioether (sulfide) groups is 1. The largest absolute Gasteiger partial charge is 0.394 e. The van der Waals surface area contributed by atoms with E-state index < -0.39 is 29.8 Å². The molecule has 1 aliphatic rings. The van der Waals surface area contributed by atoms with E-state index in [-0.39, 0.29) is 6.61 Å². The first kappa shape index (κ1) is 15.2. The standard InChI is InChI=1S/C11H15BrN2O4S/c12-5-1-6(3-14-2-5)19-11-10(17)8(13)9(16)7(4-15)18-11/h1-3,7-11,15-17H,4,13H2. The fourth-order valence-electron chi connectivity index (χ4n) is 1.80.